The number of aryl methyl sites for hydroxylation is 1. The van der Waals surface area contributed by atoms with Gasteiger partial charge in [-0.15, -0.1) is 0 Å². The number of hydrogen-bond donors (Lipinski definition) is 1. The van der Waals surface area contributed by atoms with E-state index in [2.05, 4.69) is 11.9 Å². The monoisotopic (exact) mass is 163 g/mol. The van der Waals surface area contributed by atoms with Crippen LogP contribution in [0.3, 0.4) is 0 Å². The Labute approximate surface area is 70.9 Å². The third kappa shape index (κ3) is 1.20. The lowest BCUT2D eigenvalue weighted by Gasteiger charge is -2.19. The van der Waals surface area contributed by atoms with E-state index < -0.39 is 0 Å². The number of allylic oxidation sites excluding steroid dienone is 1. The third-order valence-corrected chi connectivity index (χ3v) is 2.07. The van der Waals surface area contributed by atoms with Crippen LogP contribution in [0.1, 0.15) is 12.0 Å². The van der Waals surface area contributed by atoms with Gasteiger partial charge in [-0.1, -0.05) is 6.58 Å². The Balaban J connectivity index is 2.43. The van der Waals surface area contributed by atoms with Gasteiger partial charge in [0.25, 0.3) is 0 Å². The SMILES string of the molecule is C=C1CCc2cc(F)ccc2N1. The predicted octanol–water partition coefficient (Wildman–Crippen LogP) is 2.70. The molecule has 1 aromatic carbocycles. The molecule has 1 heterocycles. The zero-order valence-electron chi connectivity index (χ0n) is 6.73. The fourth-order valence-electron chi connectivity index (χ4n) is 1.43. The molecule has 0 spiro atoms. The van der Waals surface area contributed by atoms with Crippen LogP contribution in [0.15, 0.2) is 30.5 Å². The van der Waals surface area contributed by atoms with E-state index in [1.54, 1.807) is 12.1 Å². The summed E-state index contributed by atoms with van der Waals surface area (Å²) in [5.74, 6) is -0.164. The van der Waals surface area contributed by atoms with Gasteiger partial charge in [0, 0.05) is 11.4 Å². The van der Waals surface area contributed by atoms with Crippen LogP contribution in [-0.4, -0.2) is 0 Å². The van der Waals surface area contributed by atoms with Crippen molar-refractivity contribution < 1.29 is 4.39 Å². The van der Waals surface area contributed by atoms with E-state index in [0.29, 0.717) is 0 Å². The Hall–Kier alpha value is -1.31. The van der Waals surface area contributed by atoms with Crippen LogP contribution in [0.5, 0.6) is 0 Å². The highest BCUT2D eigenvalue weighted by Crippen LogP contribution is 2.25. The van der Waals surface area contributed by atoms with E-state index in [0.717, 1.165) is 29.8 Å². The summed E-state index contributed by atoms with van der Waals surface area (Å²) in [6.07, 6.45) is 1.79. The Morgan fingerprint density at radius 2 is 2.17 bits per heavy atom. The molecule has 0 saturated heterocycles. The predicted molar refractivity (Wildman–Crippen MR) is 47.5 cm³/mol. The first-order valence-electron chi connectivity index (χ1n) is 3.99. The van der Waals surface area contributed by atoms with E-state index in [-0.39, 0.29) is 5.82 Å². The zero-order valence-corrected chi connectivity index (χ0v) is 6.73. The van der Waals surface area contributed by atoms with Crippen molar-refractivity contribution >= 4 is 5.69 Å². The quantitative estimate of drug-likeness (QED) is 0.620. The summed E-state index contributed by atoms with van der Waals surface area (Å²) < 4.78 is 12.7. The number of anilines is 1. The molecule has 0 fully saturated rings. The van der Waals surface area contributed by atoms with Gasteiger partial charge in [0.15, 0.2) is 0 Å². The molecule has 12 heavy (non-hydrogen) atoms. The van der Waals surface area contributed by atoms with Crippen molar-refractivity contribution in [1.29, 1.82) is 0 Å². The van der Waals surface area contributed by atoms with Crippen molar-refractivity contribution in [3.8, 4) is 0 Å². The summed E-state index contributed by atoms with van der Waals surface area (Å²) in [7, 11) is 0. The first-order valence-corrected chi connectivity index (χ1v) is 3.99. The summed E-state index contributed by atoms with van der Waals surface area (Å²) >= 11 is 0. The van der Waals surface area contributed by atoms with Crippen molar-refractivity contribution in [2.75, 3.05) is 5.32 Å². The minimum Gasteiger partial charge on any atom is -0.359 e. The van der Waals surface area contributed by atoms with E-state index in [4.69, 9.17) is 0 Å². The molecule has 0 bridgehead atoms. The number of nitrogens with one attached hydrogen (secondary N) is 1. The van der Waals surface area contributed by atoms with Crippen molar-refractivity contribution in [3.05, 3.63) is 41.9 Å². The second kappa shape index (κ2) is 2.63. The summed E-state index contributed by atoms with van der Waals surface area (Å²) in [4.78, 5) is 0. The van der Waals surface area contributed by atoms with Gasteiger partial charge in [-0.25, -0.2) is 4.39 Å². The van der Waals surface area contributed by atoms with Crippen molar-refractivity contribution in [1.82, 2.24) is 0 Å². The molecule has 0 atom stereocenters. The first kappa shape index (κ1) is 7.35. The van der Waals surface area contributed by atoms with Crippen molar-refractivity contribution in [3.63, 3.8) is 0 Å². The average Bonchev–Trinajstić information content (AvgIpc) is 2.05. The smallest absolute Gasteiger partial charge is 0.123 e. The van der Waals surface area contributed by atoms with Gasteiger partial charge in [-0.05, 0) is 36.6 Å². The molecular formula is C10H10FN. The van der Waals surface area contributed by atoms with Crippen LogP contribution in [0.25, 0.3) is 0 Å². The second-order valence-corrected chi connectivity index (χ2v) is 3.03. The maximum Gasteiger partial charge on any atom is 0.123 e. The molecule has 62 valence electrons. The van der Waals surface area contributed by atoms with E-state index >= 15 is 0 Å². The Bertz CT molecular complexity index is 331. The van der Waals surface area contributed by atoms with Crippen LogP contribution in [0, 0.1) is 5.82 Å². The second-order valence-electron chi connectivity index (χ2n) is 3.03. The van der Waals surface area contributed by atoms with Gasteiger partial charge in [-0.2, -0.15) is 0 Å². The normalized spacial score (nSPS) is 15.2. The van der Waals surface area contributed by atoms with Crippen LogP contribution < -0.4 is 5.32 Å². The van der Waals surface area contributed by atoms with Gasteiger partial charge in [-0.3, -0.25) is 0 Å². The maximum absolute atomic E-state index is 12.7. The first-order chi connectivity index (χ1) is 5.75. The standard InChI is InChI=1S/C10H10FN/c1-7-2-3-8-6-9(11)4-5-10(8)12-7/h4-6,12H,1-3H2. The highest BCUT2D eigenvalue weighted by Gasteiger charge is 2.10. The molecule has 0 unspecified atom stereocenters. The van der Waals surface area contributed by atoms with Crippen molar-refractivity contribution in [2.24, 2.45) is 0 Å². The van der Waals surface area contributed by atoms with Gasteiger partial charge in [0.2, 0.25) is 0 Å². The van der Waals surface area contributed by atoms with Gasteiger partial charge in [0.05, 0.1) is 0 Å². The van der Waals surface area contributed by atoms with Crippen molar-refractivity contribution in [2.45, 2.75) is 12.8 Å². The lowest BCUT2D eigenvalue weighted by atomic mass is 10.0. The zero-order chi connectivity index (χ0) is 8.55. The average molecular weight is 163 g/mol. The summed E-state index contributed by atoms with van der Waals surface area (Å²) in [6.45, 7) is 3.83. The molecule has 1 N–H and O–H groups in total. The fraction of sp³-hybridized carbons (Fsp3) is 0.200. The summed E-state index contributed by atoms with van der Waals surface area (Å²) in [6, 6.07) is 4.80. The number of fused-ring (bicyclic) bond motifs is 1. The molecule has 2 rings (SSSR count). The fourth-order valence-corrected chi connectivity index (χ4v) is 1.43. The lowest BCUT2D eigenvalue weighted by Crippen LogP contribution is -2.08. The molecule has 0 radical (unpaired) electrons. The molecule has 0 amide bonds. The lowest BCUT2D eigenvalue weighted by molar-refractivity contribution is 0.625. The number of halogens is 1. The van der Waals surface area contributed by atoms with E-state index in [1.165, 1.54) is 6.07 Å². The Morgan fingerprint density at radius 1 is 1.33 bits per heavy atom. The third-order valence-electron chi connectivity index (χ3n) is 2.07. The largest absolute Gasteiger partial charge is 0.359 e. The Kier molecular flexibility index (Phi) is 1.61. The number of hydrogen-bond acceptors (Lipinski definition) is 1. The maximum atomic E-state index is 12.7. The molecular weight excluding hydrogens is 153 g/mol. The van der Waals surface area contributed by atoms with Gasteiger partial charge < -0.3 is 5.32 Å². The summed E-state index contributed by atoms with van der Waals surface area (Å²) in [5.41, 5.74) is 3.05. The van der Waals surface area contributed by atoms with Crippen LogP contribution >= 0.6 is 0 Å². The topological polar surface area (TPSA) is 12.0 Å². The molecule has 0 saturated carbocycles. The van der Waals surface area contributed by atoms with Crippen LogP contribution in [0.2, 0.25) is 0 Å². The molecule has 2 heteroatoms. The molecule has 0 aliphatic carbocycles. The molecule has 0 aromatic heterocycles. The molecule has 1 nitrogen and oxygen atoms in total. The van der Waals surface area contributed by atoms with Gasteiger partial charge in [0.1, 0.15) is 5.82 Å². The van der Waals surface area contributed by atoms with E-state index in [1.807, 2.05) is 0 Å². The molecule has 1 aliphatic heterocycles. The number of benzene rings is 1. The van der Waals surface area contributed by atoms with Crippen LogP contribution in [0.4, 0.5) is 10.1 Å². The van der Waals surface area contributed by atoms with Crippen LogP contribution in [-0.2, 0) is 6.42 Å². The van der Waals surface area contributed by atoms with E-state index in [9.17, 15) is 4.39 Å². The summed E-state index contributed by atoms with van der Waals surface area (Å²) in [5, 5.41) is 3.13. The highest BCUT2D eigenvalue weighted by molar-refractivity contribution is 5.57. The molecule has 1 aliphatic rings. The number of rotatable bonds is 0. The minimum atomic E-state index is -0.164. The molecule has 1 aromatic rings. The highest BCUT2D eigenvalue weighted by atomic mass is 19.1. The Morgan fingerprint density at radius 3 is 3.00 bits per heavy atom. The van der Waals surface area contributed by atoms with Gasteiger partial charge >= 0.3 is 0 Å². The minimum absolute atomic E-state index is 0.164.